The summed E-state index contributed by atoms with van der Waals surface area (Å²) in [5.74, 6) is 1.27. The van der Waals surface area contributed by atoms with Crippen LogP contribution in [0.25, 0.3) is 0 Å². The van der Waals surface area contributed by atoms with Crippen molar-refractivity contribution < 1.29 is 9.21 Å². The van der Waals surface area contributed by atoms with Crippen molar-refractivity contribution in [2.45, 2.75) is 25.3 Å². The zero-order valence-corrected chi connectivity index (χ0v) is 9.97. The fraction of sp³-hybridized carbons (Fsp3) is 0.615. The number of furan rings is 1. The Hall–Kier alpha value is -1.29. The Morgan fingerprint density at radius 3 is 2.94 bits per heavy atom. The Morgan fingerprint density at radius 1 is 1.24 bits per heavy atom. The average molecular weight is 234 g/mol. The maximum absolute atomic E-state index is 10.6. The van der Waals surface area contributed by atoms with E-state index in [1.54, 1.807) is 6.07 Å². The van der Waals surface area contributed by atoms with Gasteiger partial charge < -0.3 is 9.32 Å². The molecule has 3 rings (SSSR count). The van der Waals surface area contributed by atoms with Gasteiger partial charge >= 0.3 is 0 Å². The molecule has 92 valence electrons. The third kappa shape index (κ3) is 2.09. The molecule has 0 radical (unpaired) electrons. The van der Waals surface area contributed by atoms with Gasteiger partial charge in [-0.2, -0.15) is 0 Å². The smallest absolute Gasteiger partial charge is 0.196 e. The molecule has 4 nitrogen and oxygen atoms in total. The Labute approximate surface area is 101 Å². The molecule has 17 heavy (non-hydrogen) atoms. The first kappa shape index (κ1) is 10.8. The molecule has 3 heterocycles. The number of aldehydes is 1. The van der Waals surface area contributed by atoms with Gasteiger partial charge in [0, 0.05) is 31.7 Å². The number of nitrogens with zero attached hydrogens (tertiary/aromatic N) is 2. The highest BCUT2D eigenvalue weighted by Crippen LogP contribution is 2.25. The van der Waals surface area contributed by atoms with Crippen LogP contribution in [0.4, 0.5) is 5.88 Å². The van der Waals surface area contributed by atoms with Crippen molar-refractivity contribution >= 4 is 12.2 Å². The Kier molecular flexibility index (Phi) is 2.89. The van der Waals surface area contributed by atoms with Crippen LogP contribution in [0.3, 0.4) is 0 Å². The lowest BCUT2D eigenvalue weighted by molar-refractivity contribution is 0.110. The molecular weight excluding hydrogens is 216 g/mol. The summed E-state index contributed by atoms with van der Waals surface area (Å²) in [6.07, 6.45) is 4.55. The molecule has 1 aromatic rings. The molecule has 0 saturated carbocycles. The summed E-state index contributed by atoms with van der Waals surface area (Å²) in [6.45, 7) is 4.50. The topological polar surface area (TPSA) is 36.7 Å². The van der Waals surface area contributed by atoms with E-state index in [4.69, 9.17) is 4.42 Å². The molecule has 1 atom stereocenters. The van der Waals surface area contributed by atoms with Crippen molar-refractivity contribution in [2.24, 2.45) is 0 Å². The number of fused-ring (bicyclic) bond motifs is 1. The summed E-state index contributed by atoms with van der Waals surface area (Å²) in [6, 6.07) is 4.33. The van der Waals surface area contributed by atoms with Gasteiger partial charge in [-0.15, -0.1) is 0 Å². The highest BCUT2D eigenvalue weighted by Gasteiger charge is 2.29. The van der Waals surface area contributed by atoms with Crippen LogP contribution in [0.1, 0.15) is 29.8 Å². The second kappa shape index (κ2) is 4.53. The zero-order valence-electron chi connectivity index (χ0n) is 9.97. The van der Waals surface area contributed by atoms with Gasteiger partial charge in [-0.05, 0) is 31.9 Å². The van der Waals surface area contributed by atoms with Crippen molar-refractivity contribution in [3.63, 3.8) is 0 Å². The monoisotopic (exact) mass is 234 g/mol. The summed E-state index contributed by atoms with van der Waals surface area (Å²) >= 11 is 0. The molecule has 4 heteroatoms. The number of carbonyl (C=O) groups excluding carboxylic acids is 1. The van der Waals surface area contributed by atoms with Gasteiger partial charge in [0.15, 0.2) is 17.9 Å². The number of anilines is 1. The Bertz CT molecular complexity index is 402. The molecule has 0 aromatic carbocycles. The first-order valence-corrected chi connectivity index (χ1v) is 6.41. The molecule has 1 aromatic heterocycles. The molecule has 0 N–H and O–H groups in total. The lowest BCUT2D eigenvalue weighted by Crippen LogP contribution is -2.36. The number of carbonyl (C=O) groups is 1. The zero-order chi connectivity index (χ0) is 11.7. The van der Waals surface area contributed by atoms with Gasteiger partial charge in [-0.25, -0.2) is 0 Å². The Morgan fingerprint density at radius 2 is 2.12 bits per heavy atom. The maximum Gasteiger partial charge on any atom is 0.196 e. The van der Waals surface area contributed by atoms with Gasteiger partial charge in [-0.1, -0.05) is 0 Å². The molecule has 0 bridgehead atoms. The van der Waals surface area contributed by atoms with E-state index in [1.807, 2.05) is 6.07 Å². The lowest BCUT2D eigenvalue weighted by atomic mass is 10.2. The van der Waals surface area contributed by atoms with Crippen LogP contribution in [-0.2, 0) is 0 Å². The third-order valence-corrected chi connectivity index (χ3v) is 3.84. The molecule has 2 aliphatic rings. The number of hydrogen-bond donors (Lipinski definition) is 0. The molecule has 2 fully saturated rings. The van der Waals surface area contributed by atoms with Crippen LogP contribution in [0.5, 0.6) is 0 Å². The number of rotatable bonds is 2. The highest BCUT2D eigenvalue weighted by atomic mass is 16.4. The van der Waals surface area contributed by atoms with Crippen LogP contribution in [-0.4, -0.2) is 43.4 Å². The quantitative estimate of drug-likeness (QED) is 0.731. The largest absolute Gasteiger partial charge is 0.438 e. The maximum atomic E-state index is 10.6. The van der Waals surface area contributed by atoms with Crippen molar-refractivity contribution in [3.8, 4) is 0 Å². The molecule has 1 unspecified atom stereocenters. The predicted octanol–water partition coefficient (Wildman–Crippen LogP) is 1.77. The van der Waals surface area contributed by atoms with Gasteiger partial charge in [0.1, 0.15) is 0 Å². The molecular formula is C13H18N2O2. The van der Waals surface area contributed by atoms with E-state index in [-0.39, 0.29) is 0 Å². The van der Waals surface area contributed by atoms with Crippen LogP contribution < -0.4 is 4.90 Å². The minimum absolute atomic E-state index is 0.424. The van der Waals surface area contributed by atoms with Gasteiger partial charge in [0.2, 0.25) is 0 Å². The van der Waals surface area contributed by atoms with Crippen LogP contribution in [0, 0.1) is 0 Å². The van der Waals surface area contributed by atoms with E-state index >= 15 is 0 Å². The SMILES string of the molecule is O=Cc1ccc(N2CCCN3CCCC3C2)o1. The average Bonchev–Trinajstić information content (AvgIpc) is 2.94. The lowest BCUT2D eigenvalue weighted by Gasteiger charge is -2.25. The molecule has 0 amide bonds. The van der Waals surface area contributed by atoms with Crippen LogP contribution in [0.15, 0.2) is 16.5 Å². The van der Waals surface area contributed by atoms with Crippen molar-refractivity contribution in [1.82, 2.24) is 4.90 Å². The van der Waals surface area contributed by atoms with Gasteiger partial charge in [-0.3, -0.25) is 9.69 Å². The normalized spacial score (nSPS) is 25.6. The fourth-order valence-electron chi connectivity index (χ4n) is 2.98. The fourth-order valence-corrected chi connectivity index (χ4v) is 2.98. The first-order valence-electron chi connectivity index (χ1n) is 6.41. The minimum Gasteiger partial charge on any atom is -0.438 e. The van der Waals surface area contributed by atoms with Crippen LogP contribution in [0.2, 0.25) is 0 Å². The standard InChI is InChI=1S/C13H18N2O2/c16-10-12-4-5-13(17-12)15-8-2-7-14-6-1-3-11(14)9-15/h4-5,10-11H,1-3,6-9H2. The summed E-state index contributed by atoms with van der Waals surface area (Å²) < 4.78 is 5.52. The van der Waals surface area contributed by atoms with Gasteiger partial charge in [0.05, 0.1) is 0 Å². The second-order valence-electron chi connectivity index (χ2n) is 4.93. The minimum atomic E-state index is 0.424. The highest BCUT2D eigenvalue weighted by molar-refractivity contribution is 5.71. The van der Waals surface area contributed by atoms with Crippen molar-refractivity contribution in [2.75, 3.05) is 31.1 Å². The van der Waals surface area contributed by atoms with E-state index in [2.05, 4.69) is 9.80 Å². The summed E-state index contributed by atoms with van der Waals surface area (Å²) in [4.78, 5) is 15.5. The van der Waals surface area contributed by atoms with Gasteiger partial charge in [0.25, 0.3) is 0 Å². The second-order valence-corrected chi connectivity index (χ2v) is 4.93. The number of hydrogen-bond acceptors (Lipinski definition) is 4. The molecule has 2 saturated heterocycles. The predicted molar refractivity (Wildman–Crippen MR) is 65.5 cm³/mol. The molecule has 2 aliphatic heterocycles. The van der Waals surface area contributed by atoms with Crippen LogP contribution >= 0.6 is 0 Å². The molecule has 0 spiro atoms. The first-order chi connectivity index (χ1) is 8.36. The summed E-state index contributed by atoms with van der Waals surface area (Å²) in [5.41, 5.74) is 0. The molecule has 0 aliphatic carbocycles. The van der Waals surface area contributed by atoms with Crippen molar-refractivity contribution in [1.29, 1.82) is 0 Å². The van der Waals surface area contributed by atoms with E-state index in [0.717, 1.165) is 25.3 Å². The van der Waals surface area contributed by atoms with E-state index in [0.29, 0.717) is 11.8 Å². The van der Waals surface area contributed by atoms with E-state index in [9.17, 15) is 4.79 Å². The van der Waals surface area contributed by atoms with Crippen molar-refractivity contribution in [3.05, 3.63) is 17.9 Å². The Balaban J connectivity index is 1.76. The summed E-state index contributed by atoms with van der Waals surface area (Å²) in [5, 5.41) is 0. The van der Waals surface area contributed by atoms with E-state index < -0.39 is 0 Å². The third-order valence-electron chi connectivity index (χ3n) is 3.84. The van der Waals surface area contributed by atoms with E-state index in [1.165, 1.54) is 32.4 Å². The summed E-state index contributed by atoms with van der Waals surface area (Å²) in [7, 11) is 0.